The van der Waals surface area contributed by atoms with Crippen LogP contribution in [0.15, 0.2) is 0 Å². The van der Waals surface area contributed by atoms with E-state index in [1.807, 2.05) is 18.7 Å². The maximum Gasteiger partial charge on any atom is 0.237 e. The quantitative estimate of drug-likeness (QED) is 0.704. The Morgan fingerprint density at radius 3 is 2.77 bits per heavy atom. The Kier molecular flexibility index (Phi) is 4.06. The Labute approximate surface area is 84.0 Å². The number of hydrogen-bond acceptors (Lipinski definition) is 3. The van der Waals surface area contributed by atoms with Crippen molar-refractivity contribution in [1.29, 1.82) is 0 Å². The molecule has 0 aromatic carbocycles. The van der Waals surface area contributed by atoms with Crippen LogP contribution in [0.2, 0.25) is 0 Å². The van der Waals surface area contributed by atoms with Crippen molar-refractivity contribution in [3.63, 3.8) is 0 Å². The van der Waals surface area contributed by atoms with Crippen molar-refractivity contribution in [2.24, 2.45) is 0 Å². The first kappa shape index (κ1) is 10.9. The van der Waals surface area contributed by atoms with Crippen molar-refractivity contribution in [3.8, 4) is 0 Å². The molecule has 0 saturated carbocycles. The van der Waals surface area contributed by atoms with E-state index in [0.29, 0.717) is 11.3 Å². The highest BCUT2D eigenvalue weighted by molar-refractivity contribution is 8.00. The zero-order chi connectivity index (χ0) is 9.84. The van der Waals surface area contributed by atoms with Gasteiger partial charge in [0.25, 0.3) is 0 Å². The van der Waals surface area contributed by atoms with E-state index < -0.39 is 0 Å². The summed E-state index contributed by atoms with van der Waals surface area (Å²) in [5, 5.41) is 6.66. The van der Waals surface area contributed by atoms with E-state index in [2.05, 4.69) is 17.6 Å². The molecule has 1 amide bonds. The zero-order valence-corrected chi connectivity index (χ0v) is 9.28. The lowest BCUT2D eigenvalue weighted by atomic mass is 10.2. The highest BCUT2D eigenvalue weighted by Gasteiger charge is 2.24. The van der Waals surface area contributed by atoms with Crippen molar-refractivity contribution in [2.45, 2.75) is 37.6 Å². The van der Waals surface area contributed by atoms with E-state index in [1.54, 1.807) is 7.05 Å². The molecule has 13 heavy (non-hydrogen) atoms. The zero-order valence-electron chi connectivity index (χ0n) is 8.46. The molecule has 1 fully saturated rings. The van der Waals surface area contributed by atoms with Gasteiger partial charge >= 0.3 is 0 Å². The SMILES string of the molecule is CN[C@@H](C)C(=O)NC1CSC(C)C1. The molecule has 1 rings (SSSR count). The van der Waals surface area contributed by atoms with Gasteiger partial charge in [0, 0.05) is 17.0 Å². The van der Waals surface area contributed by atoms with Gasteiger partial charge in [-0.3, -0.25) is 4.79 Å². The van der Waals surface area contributed by atoms with Crippen molar-refractivity contribution in [3.05, 3.63) is 0 Å². The second-order valence-corrected chi connectivity index (χ2v) is 5.07. The van der Waals surface area contributed by atoms with Crippen LogP contribution in [-0.2, 0) is 4.79 Å². The molecule has 1 aliphatic rings. The first-order valence-corrected chi connectivity index (χ1v) is 5.77. The third-order valence-corrected chi connectivity index (χ3v) is 3.73. The van der Waals surface area contributed by atoms with Gasteiger partial charge < -0.3 is 10.6 Å². The number of carbonyl (C=O) groups is 1. The van der Waals surface area contributed by atoms with Crippen molar-refractivity contribution < 1.29 is 4.79 Å². The molecule has 0 aromatic heterocycles. The first-order chi connectivity index (χ1) is 6.13. The second-order valence-electron chi connectivity index (χ2n) is 3.60. The van der Waals surface area contributed by atoms with Crippen LogP contribution in [0, 0.1) is 0 Å². The van der Waals surface area contributed by atoms with Crippen LogP contribution in [-0.4, -0.2) is 36.0 Å². The van der Waals surface area contributed by atoms with Crippen LogP contribution >= 0.6 is 11.8 Å². The summed E-state index contributed by atoms with van der Waals surface area (Å²) in [6.07, 6.45) is 1.10. The molecule has 3 nitrogen and oxygen atoms in total. The molecule has 0 aliphatic carbocycles. The van der Waals surface area contributed by atoms with Crippen LogP contribution in [0.1, 0.15) is 20.3 Å². The monoisotopic (exact) mass is 202 g/mol. The Morgan fingerprint density at radius 1 is 1.62 bits per heavy atom. The molecule has 1 saturated heterocycles. The summed E-state index contributed by atoms with van der Waals surface area (Å²) in [6.45, 7) is 4.08. The van der Waals surface area contributed by atoms with Crippen LogP contribution in [0.4, 0.5) is 0 Å². The van der Waals surface area contributed by atoms with Gasteiger partial charge in [-0.25, -0.2) is 0 Å². The molecular formula is C9H18N2OS. The average molecular weight is 202 g/mol. The predicted octanol–water partition coefficient (Wildman–Crippen LogP) is 0.604. The standard InChI is InChI=1S/C9H18N2OS/c1-6-4-8(5-13-6)11-9(12)7(2)10-3/h6-8,10H,4-5H2,1-3H3,(H,11,12)/t6?,7-,8?/m0/s1. The summed E-state index contributed by atoms with van der Waals surface area (Å²) in [7, 11) is 1.80. The van der Waals surface area contributed by atoms with Crippen LogP contribution < -0.4 is 10.6 Å². The summed E-state index contributed by atoms with van der Waals surface area (Å²) in [5.41, 5.74) is 0. The fraction of sp³-hybridized carbons (Fsp3) is 0.889. The van der Waals surface area contributed by atoms with E-state index in [-0.39, 0.29) is 11.9 Å². The second kappa shape index (κ2) is 4.86. The van der Waals surface area contributed by atoms with E-state index in [0.717, 1.165) is 12.2 Å². The topological polar surface area (TPSA) is 41.1 Å². The summed E-state index contributed by atoms with van der Waals surface area (Å²) >= 11 is 1.93. The highest BCUT2D eigenvalue weighted by Crippen LogP contribution is 2.25. The molecule has 0 bridgehead atoms. The lowest BCUT2D eigenvalue weighted by molar-refractivity contribution is -0.123. The van der Waals surface area contributed by atoms with Crippen LogP contribution in [0.3, 0.4) is 0 Å². The number of hydrogen-bond donors (Lipinski definition) is 2. The average Bonchev–Trinajstić information content (AvgIpc) is 2.49. The Morgan fingerprint density at radius 2 is 2.31 bits per heavy atom. The normalized spacial score (nSPS) is 30.1. The molecule has 2 N–H and O–H groups in total. The van der Waals surface area contributed by atoms with Crippen LogP contribution in [0.25, 0.3) is 0 Å². The third kappa shape index (κ3) is 3.19. The van der Waals surface area contributed by atoms with Gasteiger partial charge in [0.15, 0.2) is 0 Å². The minimum atomic E-state index is -0.0825. The van der Waals surface area contributed by atoms with Gasteiger partial charge in [-0.15, -0.1) is 0 Å². The minimum absolute atomic E-state index is 0.0825. The molecule has 76 valence electrons. The Bertz CT molecular complexity index is 186. The fourth-order valence-corrected chi connectivity index (χ4v) is 2.52. The van der Waals surface area contributed by atoms with Gasteiger partial charge in [-0.05, 0) is 20.4 Å². The number of amides is 1. The lowest BCUT2D eigenvalue weighted by Crippen LogP contribution is -2.45. The molecule has 0 spiro atoms. The summed E-state index contributed by atoms with van der Waals surface area (Å²) in [6, 6.07) is 0.296. The molecule has 0 aromatic rings. The number of nitrogens with one attached hydrogen (secondary N) is 2. The van der Waals surface area contributed by atoms with Crippen molar-refractivity contribution in [2.75, 3.05) is 12.8 Å². The smallest absolute Gasteiger partial charge is 0.237 e. The van der Waals surface area contributed by atoms with Gasteiger partial charge in [-0.2, -0.15) is 11.8 Å². The Balaban J connectivity index is 2.28. The van der Waals surface area contributed by atoms with E-state index >= 15 is 0 Å². The molecule has 4 heteroatoms. The molecule has 0 radical (unpaired) electrons. The van der Waals surface area contributed by atoms with Crippen molar-refractivity contribution >= 4 is 17.7 Å². The number of rotatable bonds is 3. The predicted molar refractivity (Wildman–Crippen MR) is 57.0 cm³/mol. The number of carbonyl (C=O) groups excluding carboxylic acids is 1. The maximum atomic E-state index is 11.5. The van der Waals surface area contributed by atoms with Gasteiger partial charge in [-0.1, -0.05) is 6.92 Å². The van der Waals surface area contributed by atoms with Gasteiger partial charge in [0.1, 0.15) is 0 Å². The highest BCUT2D eigenvalue weighted by atomic mass is 32.2. The van der Waals surface area contributed by atoms with Gasteiger partial charge in [0.2, 0.25) is 5.91 Å². The van der Waals surface area contributed by atoms with Crippen molar-refractivity contribution in [1.82, 2.24) is 10.6 Å². The number of thioether (sulfide) groups is 1. The maximum absolute atomic E-state index is 11.5. The molecule has 1 heterocycles. The molecular weight excluding hydrogens is 184 g/mol. The van der Waals surface area contributed by atoms with E-state index in [4.69, 9.17) is 0 Å². The first-order valence-electron chi connectivity index (χ1n) is 4.72. The third-order valence-electron chi connectivity index (χ3n) is 2.37. The van der Waals surface area contributed by atoms with E-state index in [1.165, 1.54) is 0 Å². The summed E-state index contributed by atoms with van der Waals surface area (Å²) in [4.78, 5) is 11.5. The lowest BCUT2D eigenvalue weighted by Gasteiger charge is -2.15. The van der Waals surface area contributed by atoms with Crippen LogP contribution in [0.5, 0.6) is 0 Å². The molecule has 3 atom stereocenters. The Hall–Kier alpha value is -0.220. The fourth-order valence-electron chi connectivity index (χ4n) is 1.38. The largest absolute Gasteiger partial charge is 0.351 e. The summed E-state index contributed by atoms with van der Waals surface area (Å²) < 4.78 is 0. The van der Waals surface area contributed by atoms with E-state index in [9.17, 15) is 4.79 Å². The molecule has 2 unspecified atom stereocenters. The molecule has 1 aliphatic heterocycles. The number of likely N-dealkylation sites (N-methyl/N-ethyl adjacent to an activating group) is 1. The minimum Gasteiger partial charge on any atom is -0.351 e. The van der Waals surface area contributed by atoms with Gasteiger partial charge in [0.05, 0.1) is 6.04 Å². The summed E-state index contributed by atoms with van der Waals surface area (Å²) in [5.74, 6) is 1.17.